The van der Waals surface area contributed by atoms with Gasteiger partial charge in [-0.15, -0.1) is 0 Å². The Morgan fingerprint density at radius 1 is 1.08 bits per heavy atom. The Morgan fingerprint density at radius 3 is 2.52 bits per heavy atom. The van der Waals surface area contributed by atoms with Crippen LogP contribution in [0.3, 0.4) is 0 Å². The van der Waals surface area contributed by atoms with E-state index in [0.29, 0.717) is 0 Å². The highest BCUT2D eigenvalue weighted by Crippen LogP contribution is 2.50. The number of hydrogen-bond acceptors (Lipinski definition) is 6. The molecule has 0 spiro atoms. The fraction of sp³-hybridized carbons (Fsp3) is 0.684. The summed E-state index contributed by atoms with van der Waals surface area (Å²) in [6.45, 7) is 9.06. The van der Waals surface area contributed by atoms with Crippen molar-refractivity contribution in [3.05, 3.63) is 16.7 Å². The predicted molar refractivity (Wildman–Crippen MR) is 102 cm³/mol. The maximum absolute atomic E-state index is 6.22. The molecule has 0 aliphatic carbocycles. The minimum atomic E-state index is 0.155. The molecule has 0 saturated heterocycles. The number of methoxy groups -OCH3 is 1. The van der Waals surface area contributed by atoms with Crippen LogP contribution in [0, 0.1) is 20.8 Å². The molecule has 1 aliphatic heterocycles. The van der Waals surface area contributed by atoms with E-state index < -0.39 is 0 Å². The van der Waals surface area contributed by atoms with Gasteiger partial charge in [-0.3, -0.25) is 0 Å². The molecule has 0 amide bonds. The first-order chi connectivity index (χ1) is 12.0. The lowest BCUT2D eigenvalue weighted by atomic mass is 10.0. The van der Waals surface area contributed by atoms with Crippen LogP contribution in [0.25, 0.3) is 0 Å². The van der Waals surface area contributed by atoms with Gasteiger partial charge < -0.3 is 23.8 Å². The summed E-state index contributed by atoms with van der Waals surface area (Å²) in [6, 6.07) is 0. The van der Waals surface area contributed by atoms with Crippen molar-refractivity contribution in [1.82, 2.24) is 4.90 Å². The molecule has 5 nitrogen and oxygen atoms in total. The molecule has 1 heterocycles. The first-order valence-electron chi connectivity index (χ1n) is 8.77. The third-order valence-corrected chi connectivity index (χ3v) is 5.68. The lowest BCUT2D eigenvalue weighted by Crippen LogP contribution is -2.18. The van der Waals surface area contributed by atoms with Crippen molar-refractivity contribution in [3.8, 4) is 11.5 Å². The molecular weight excluding hydrogens is 338 g/mol. The van der Waals surface area contributed by atoms with Gasteiger partial charge in [-0.2, -0.15) is 0 Å². The normalized spacial score (nSPS) is 16.2. The van der Waals surface area contributed by atoms with E-state index in [1.807, 2.05) is 0 Å². The number of nitrogens with zero attached hydrogens (tertiary/aromatic N) is 1. The van der Waals surface area contributed by atoms with E-state index in [1.165, 1.54) is 4.90 Å². The quantitative estimate of drug-likeness (QED) is 0.462. The van der Waals surface area contributed by atoms with E-state index in [4.69, 9.17) is 18.9 Å². The second-order valence-corrected chi connectivity index (χ2v) is 7.81. The van der Waals surface area contributed by atoms with Gasteiger partial charge in [-0.25, -0.2) is 0 Å². The summed E-state index contributed by atoms with van der Waals surface area (Å²) >= 11 is 1.80. The molecular formula is C19H31NO4S. The van der Waals surface area contributed by atoms with Crippen LogP contribution < -0.4 is 9.47 Å². The largest absolute Gasteiger partial charge is 0.478 e. The SMILES string of the molecule is COCOc1c(C)c(C)c2c(c1C)SC(CCCOCCN(C)C)O2. The second kappa shape index (κ2) is 9.67. The molecule has 1 aromatic rings. The van der Waals surface area contributed by atoms with Crippen molar-refractivity contribution in [2.75, 3.05) is 47.8 Å². The first kappa shape index (κ1) is 20.4. The Balaban J connectivity index is 1.91. The van der Waals surface area contributed by atoms with E-state index in [2.05, 4.69) is 39.8 Å². The monoisotopic (exact) mass is 369 g/mol. The third-order valence-electron chi connectivity index (χ3n) is 4.36. The number of likely N-dealkylation sites (N-methyl/N-ethyl adjacent to an activating group) is 1. The number of benzene rings is 1. The molecule has 25 heavy (non-hydrogen) atoms. The van der Waals surface area contributed by atoms with Gasteiger partial charge >= 0.3 is 0 Å². The topological polar surface area (TPSA) is 40.2 Å². The van der Waals surface area contributed by atoms with Crippen LogP contribution in [0.4, 0.5) is 0 Å². The molecule has 1 aromatic carbocycles. The molecule has 0 saturated carbocycles. The van der Waals surface area contributed by atoms with Crippen molar-refractivity contribution in [1.29, 1.82) is 0 Å². The Hall–Kier alpha value is -0.950. The predicted octanol–water partition coefficient (Wildman–Crippen LogP) is 3.76. The van der Waals surface area contributed by atoms with E-state index >= 15 is 0 Å². The van der Waals surface area contributed by atoms with Crippen LogP contribution in [0.15, 0.2) is 4.90 Å². The molecule has 0 fully saturated rings. The number of thioether (sulfide) groups is 1. The van der Waals surface area contributed by atoms with Gasteiger partial charge in [0.15, 0.2) is 6.79 Å². The molecule has 0 radical (unpaired) electrons. The minimum absolute atomic E-state index is 0.155. The molecule has 2 rings (SSSR count). The smallest absolute Gasteiger partial charge is 0.188 e. The molecule has 1 atom stereocenters. The Morgan fingerprint density at radius 2 is 1.84 bits per heavy atom. The average molecular weight is 370 g/mol. The summed E-state index contributed by atoms with van der Waals surface area (Å²) in [5.74, 6) is 1.94. The summed E-state index contributed by atoms with van der Waals surface area (Å²) in [7, 11) is 5.75. The van der Waals surface area contributed by atoms with Gasteiger partial charge in [0.05, 0.1) is 11.5 Å². The highest BCUT2D eigenvalue weighted by atomic mass is 32.2. The van der Waals surface area contributed by atoms with Crippen LogP contribution in [0.5, 0.6) is 11.5 Å². The van der Waals surface area contributed by atoms with E-state index in [1.54, 1.807) is 18.9 Å². The zero-order valence-electron chi connectivity index (χ0n) is 16.3. The van der Waals surface area contributed by atoms with Gasteiger partial charge in [0.1, 0.15) is 16.9 Å². The summed E-state index contributed by atoms with van der Waals surface area (Å²) in [4.78, 5) is 3.33. The molecule has 0 N–H and O–H groups in total. The Kier molecular flexibility index (Phi) is 7.87. The Labute approximate surface area is 156 Å². The summed E-state index contributed by atoms with van der Waals surface area (Å²) < 4.78 is 22.7. The van der Waals surface area contributed by atoms with Crippen molar-refractivity contribution >= 4 is 11.8 Å². The molecule has 1 unspecified atom stereocenters. The lowest BCUT2D eigenvalue weighted by molar-refractivity contribution is 0.0498. The Bertz CT molecular complexity index is 577. The van der Waals surface area contributed by atoms with Crippen molar-refractivity contribution < 1.29 is 18.9 Å². The highest BCUT2D eigenvalue weighted by molar-refractivity contribution is 8.00. The highest BCUT2D eigenvalue weighted by Gasteiger charge is 2.30. The lowest BCUT2D eigenvalue weighted by Gasteiger charge is -2.16. The van der Waals surface area contributed by atoms with Crippen LogP contribution in [0.1, 0.15) is 29.5 Å². The molecule has 1 aliphatic rings. The van der Waals surface area contributed by atoms with Crippen molar-refractivity contribution in [2.24, 2.45) is 0 Å². The summed E-state index contributed by atoms with van der Waals surface area (Å²) in [6.07, 6.45) is 1.98. The molecule has 0 bridgehead atoms. The maximum atomic E-state index is 6.22. The number of rotatable bonds is 10. The number of fused-ring (bicyclic) bond motifs is 1. The van der Waals surface area contributed by atoms with Gasteiger partial charge in [0.2, 0.25) is 0 Å². The summed E-state index contributed by atoms with van der Waals surface area (Å²) in [5.41, 5.74) is 3.58. The van der Waals surface area contributed by atoms with Crippen molar-refractivity contribution in [3.63, 3.8) is 0 Å². The fourth-order valence-electron chi connectivity index (χ4n) is 2.79. The standard InChI is InChI=1S/C19H31NO4S/c1-13-14(2)18-19(15(3)17(13)23-12-21-6)25-16(24-18)8-7-10-22-11-9-20(4)5/h16H,7-12H2,1-6H3. The molecule has 6 heteroatoms. The maximum Gasteiger partial charge on any atom is 0.188 e. The van der Waals surface area contributed by atoms with E-state index in [-0.39, 0.29) is 12.2 Å². The average Bonchev–Trinajstić information content (AvgIpc) is 3.00. The van der Waals surface area contributed by atoms with Crippen molar-refractivity contribution in [2.45, 2.75) is 43.9 Å². The van der Waals surface area contributed by atoms with Crippen LogP contribution in [-0.4, -0.2) is 58.1 Å². The molecule has 0 aromatic heterocycles. The minimum Gasteiger partial charge on any atom is -0.478 e. The van der Waals surface area contributed by atoms with Gasteiger partial charge in [-0.1, -0.05) is 11.8 Å². The van der Waals surface area contributed by atoms with Crippen LogP contribution in [-0.2, 0) is 9.47 Å². The van der Waals surface area contributed by atoms with Crippen LogP contribution >= 0.6 is 11.8 Å². The third kappa shape index (κ3) is 5.26. The van der Waals surface area contributed by atoms with Crippen LogP contribution in [0.2, 0.25) is 0 Å². The van der Waals surface area contributed by atoms with E-state index in [0.717, 1.165) is 60.8 Å². The number of ether oxygens (including phenoxy) is 4. The number of hydrogen-bond donors (Lipinski definition) is 0. The first-order valence-corrected chi connectivity index (χ1v) is 9.65. The summed E-state index contributed by atoms with van der Waals surface area (Å²) in [5, 5.41) is 0. The zero-order chi connectivity index (χ0) is 18.4. The van der Waals surface area contributed by atoms with Gasteiger partial charge in [0.25, 0.3) is 0 Å². The van der Waals surface area contributed by atoms with Gasteiger partial charge in [-0.05, 0) is 58.8 Å². The van der Waals surface area contributed by atoms with E-state index in [9.17, 15) is 0 Å². The second-order valence-electron chi connectivity index (χ2n) is 6.64. The molecule has 142 valence electrons. The fourth-order valence-corrected chi connectivity index (χ4v) is 4.06. The van der Waals surface area contributed by atoms with Gasteiger partial charge in [0, 0.05) is 25.8 Å². The zero-order valence-corrected chi connectivity index (χ0v) is 17.1.